The third kappa shape index (κ3) is 5.54. The molecule has 2 aromatic heterocycles. The highest BCUT2D eigenvalue weighted by Crippen LogP contribution is 2.46. The minimum atomic E-state index is 0.606. The van der Waals surface area contributed by atoms with E-state index < -0.39 is 0 Å². The van der Waals surface area contributed by atoms with Crippen molar-refractivity contribution in [3.63, 3.8) is 0 Å². The number of ether oxygens (including phenoxy) is 2. The number of thiophene rings is 2. The minimum Gasteiger partial charge on any atom is -0.491 e. The van der Waals surface area contributed by atoms with Crippen LogP contribution in [0.1, 0.15) is 79.1 Å². The van der Waals surface area contributed by atoms with Crippen LogP contribution in [0.2, 0.25) is 0 Å². The lowest BCUT2D eigenvalue weighted by molar-refractivity contribution is 0.236. The van der Waals surface area contributed by atoms with Gasteiger partial charge in [0, 0.05) is 10.8 Å². The standard InChI is InChI=1S/C30H40O2S2/c1-5-9-11-21(7-3)19-31-27-25-17-24-14-16-34-30(24)28(32-20-22(8-4)12-10-6-2)26(25)18-23-13-15-33-29(23)27/h13-18,21-22H,5-12,19-20H2,1-4H3. The van der Waals surface area contributed by atoms with Crippen LogP contribution < -0.4 is 9.47 Å². The number of hydrogen-bond acceptors (Lipinski definition) is 4. The van der Waals surface area contributed by atoms with Crippen LogP contribution in [0.5, 0.6) is 11.5 Å². The SMILES string of the molecule is CCCCC(CC)COc1c2cc3ccsc3c(OCC(CC)CCCC)c2cc2ccsc12. The summed E-state index contributed by atoms with van der Waals surface area (Å²) in [7, 11) is 0. The first-order chi connectivity index (χ1) is 16.7. The van der Waals surface area contributed by atoms with Crippen LogP contribution in [0.15, 0.2) is 35.0 Å². The van der Waals surface area contributed by atoms with Gasteiger partial charge in [0.2, 0.25) is 0 Å². The number of unbranched alkanes of at least 4 members (excludes halogenated alkanes) is 2. The molecule has 0 N–H and O–H groups in total. The van der Waals surface area contributed by atoms with E-state index in [0.717, 1.165) is 37.6 Å². The topological polar surface area (TPSA) is 18.5 Å². The van der Waals surface area contributed by atoms with Gasteiger partial charge in [0.1, 0.15) is 11.5 Å². The molecule has 4 aromatic rings. The van der Waals surface area contributed by atoms with Gasteiger partial charge in [-0.1, -0.05) is 66.2 Å². The van der Waals surface area contributed by atoms with Gasteiger partial charge in [-0.05, 0) is 70.5 Å². The fourth-order valence-electron chi connectivity index (χ4n) is 4.81. The Morgan fingerprint density at radius 2 is 1.12 bits per heavy atom. The first-order valence-electron chi connectivity index (χ1n) is 13.3. The van der Waals surface area contributed by atoms with E-state index in [1.165, 1.54) is 69.5 Å². The molecule has 4 rings (SSSR count). The fraction of sp³-hybridized carbons (Fsp3) is 0.533. The van der Waals surface area contributed by atoms with Crippen molar-refractivity contribution < 1.29 is 9.47 Å². The molecule has 0 radical (unpaired) electrons. The van der Waals surface area contributed by atoms with E-state index >= 15 is 0 Å². The van der Waals surface area contributed by atoms with E-state index in [-0.39, 0.29) is 0 Å². The van der Waals surface area contributed by atoms with Crippen LogP contribution in [0.25, 0.3) is 30.9 Å². The van der Waals surface area contributed by atoms with Crippen molar-refractivity contribution in [3.8, 4) is 11.5 Å². The molecule has 0 aliphatic heterocycles. The van der Waals surface area contributed by atoms with Crippen LogP contribution >= 0.6 is 22.7 Å². The predicted molar refractivity (Wildman–Crippen MR) is 152 cm³/mol. The molecule has 0 aliphatic rings. The van der Waals surface area contributed by atoms with E-state index in [1.54, 1.807) is 22.7 Å². The highest BCUT2D eigenvalue weighted by molar-refractivity contribution is 7.18. The maximum Gasteiger partial charge on any atom is 0.145 e. The summed E-state index contributed by atoms with van der Waals surface area (Å²) < 4.78 is 15.9. The smallest absolute Gasteiger partial charge is 0.145 e. The van der Waals surface area contributed by atoms with E-state index in [4.69, 9.17) is 9.47 Å². The summed E-state index contributed by atoms with van der Waals surface area (Å²) in [6.07, 6.45) is 9.85. The molecule has 0 aliphatic carbocycles. The third-order valence-electron chi connectivity index (χ3n) is 7.20. The molecular weight excluding hydrogens is 456 g/mol. The second kappa shape index (κ2) is 12.3. The van der Waals surface area contributed by atoms with Crippen LogP contribution in [0.4, 0.5) is 0 Å². The lowest BCUT2D eigenvalue weighted by Crippen LogP contribution is -2.12. The first-order valence-corrected chi connectivity index (χ1v) is 15.1. The van der Waals surface area contributed by atoms with Gasteiger partial charge in [-0.15, -0.1) is 22.7 Å². The van der Waals surface area contributed by atoms with Crippen molar-refractivity contribution in [1.82, 2.24) is 0 Å². The lowest BCUT2D eigenvalue weighted by atomic mass is 10.00. The zero-order valence-corrected chi connectivity index (χ0v) is 23.0. The first kappa shape index (κ1) is 25.3. The normalized spacial score (nSPS) is 13.6. The quantitative estimate of drug-likeness (QED) is 0.173. The van der Waals surface area contributed by atoms with Crippen molar-refractivity contribution >= 4 is 53.6 Å². The zero-order valence-electron chi connectivity index (χ0n) is 21.3. The van der Waals surface area contributed by atoms with Crippen molar-refractivity contribution in [3.05, 3.63) is 35.0 Å². The molecule has 0 spiro atoms. The molecule has 0 saturated heterocycles. The third-order valence-corrected chi connectivity index (χ3v) is 9.05. The summed E-state index contributed by atoms with van der Waals surface area (Å²) in [4.78, 5) is 0. The van der Waals surface area contributed by atoms with Gasteiger partial charge in [0.05, 0.1) is 22.6 Å². The predicted octanol–water partition coefficient (Wildman–Crippen LogP) is 10.5. The average Bonchev–Trinajstić information content (AvgIpc) is 3.52. The van der Waals surface area contributed by atoms with E-state index in [1.807, 2.05) is 0 Å². The molecule has 0 saturated carbocycles. The molecular formula is C30H40O2S2. The van der Waals surface area contributed by atoms with Gasteiger partial charge >= 0.3 is 0 Å². The van der Waals surface area contributed by atoms with E-state index in [2.05, 4.69) is 62.7 Å². The molecule has 184 valence electrons. The Labute approximate surface area is 213 Å². The van der Waals surface area contributed by atoms with Crippen LogP contribution in [-0.4, -0.2) is 13.2 Å². The van der Waals surface area contributed by atoms with Crippen molar-refractivity contribution in [2.75, 3.05) is 13.2 Å². The van der Waals surface area contributed by atoms with Crippen LogP contribution in [0, 0.1) is 11.8 Å². The number of benzene rings is 2. The summed E-state index contributed by atoms with van der Waals surface area (Å²) >= 11 is 3.57. The van der Waals surface area contributed by atoms with Crippen molar-refractivity contribution in [2.45, 2.75) is 79.1 Å². The summed E-state index contributed by atoms with van der Waals surface area (Å²) in [5, 5.41) is 9.28. The van der Waals surface area contributed by atoms with Gasteiger partial charge in [-0.25, -0.2) is 0 Å². The van der Waals surface area contributed by atoms with Crippen LogP contribution in [-0.2, 0) is 0 Å². The second-order valence-corrected chi connectivity index (χ2v) is 11.5. The summed E-state index contributed by atoms with van der Waals surface area (Å²) in [5.74, 6) is 3.31. The van der Waals surface area contributed by atoms with Gasteiger partial charge < -0.3 is 9.47 Å². The molecule has 2 heterocycles. The molecule has 0 fully saturated rings. The second-order valence-electron chi connectivity index (χ2n) is 9.64. The highest BCUT2D eigenvalue weighted by Gasteiger charge is 2.19. The molecule has 2 nitrogen and oxygen atoms in total. The lowest BCUT2D eigenvalue weighted by Gasteiger charge is -2.20. The highest BCUT2D eigenvalue weighted by atomic mass is 32.1. The fourth-order valence-corrected chi connectivity index (χ4v) is 6.59. The van der Waals surface area contributed by atoms with Gasteiger partial charge in [-0.2, -0.15) is 0 Å². The van der Waals surface area contributed by atoms with Gasteiger partial charge in [-0.3, -0.25) is 0 Å². The Kier molecular flexibility index (Phi) is 9.13. The van der Waals surface area contributed by atoms with Gasteiger partial charge in [0.15, 0.2) is 0 Å². The van der Waals surface area contributed by atoms with E-state index in [9.17, 15) is 0 Å². The Morgan fingerprint density at radius 1 is 0.676 bits per heavy atom. The summed E-state index contributed by atoms with van der Waals surface area (Å²) in [5.41, 5.74) is 0. The van der Waals surface area contributed by atoms with Crippen molar-refractivity contribution in [1.29, 1.82) is 0 Å². The van der Waals surface area contributed by atoms with E-state index in [0.29, 0.717) is 11.8 Å². The molecule has 2 atom stereocenters. The largest absolute Gasteiger partial charge is 0.491 e. The van der Waals surface area contributed by atoms with Gasteiger partial charge in [0.25, 0.3) is 0 Å². The average molecular weight is 497 g/mol. The molecule has 2 unspecified atom stereocenters. The summed E-state index contributed by atoms with van der Waals surface area (Å²) in [6.45, 7) is 10.7. The number of fused-ring (bicyclic) bond motifs is 3. The number of rotatable bonds is 14. The molecule has 34 heavy (non-hydrogen) atoms. The van der Waals surface area contributed by atoms with Crippen molar-refractivity contribution in [2.24, 2.45) is 11.8 Å². The Hall–Kier alpha value is -1.78. The minimum absolute atomic E-state index is 0.606. The monoisotopic (exact) mass is 496 g/mol. The summed E-state index contributed by atoms with van der Waals surface area (Å²) in [6, 6.07) is 9.09. The molecule has 2 aromatic carbocycles. The molecule has 4 heteroatoms. The number of hydrogen-bond donors (Lipinski definition) is 0. The van der Waals surface area contributed by atoms with Crippen LogP contribution in [0.3, 0.4) is 0 Å². The zero-order chi connectivity index (χ0) is 23.9. The molecule has 0 bridgehead atoms. The maximum absolute atomic E-state index is 6.68. The maximum atomic E-state index is 6.68. The Balaban J connectivity index is 1.75. The molecule has 0 amide bonds. The Bertz CT molecular complexity index is 1100. The Morgan fingerprint density at radius 3 is 1.50 bits per heavy atom.